The molecule has 1 N–H and O–H groups in total. The summed E-state index contributed by atoms with van der Waals surface area (Å²) in [6, 6.07) is 6.46. The third-order valence-electron chi connectivity index (χ3n) is 2.77. The van der Waals surface area contributed by atoms with Crippen molar-refractivity contribution < 1.29 is 18.8 Å². The van der Waals surface area contributed by atoms with E-state index in [-0.39, 0.29) is 11.5 Å². The number of benzene rings is 1. The second kappa shape index (κ2) is 5.42. The Morgan fingerprint density at radius 3 is 2.88 bits per heavy atom. The summed E-state index contributed by atoms with van der Waals surface area (Å²) < 4.78 is 17.3. The van der Waals surface area contributed by atoms with Crippen LogP contribution >= 0.6 is 0 Å². The topological polar surface area (TPSA) is 63.6 Å². The number of hydrogen-bond donors (Lipinski definition) is 1. The van der Waals surface area contributed by atoms with Crippen molar-refractivity contribution in [2.75, 3.05) is 19.0 Å². The first kappa shape index (κ1) is 12.3. The van der Waals surface area contributed by atoms with Crippen LogP contribution in [0, 0.1) is 5.92 Å². The summed E-state index contributed by atoms with van der Waals surface area (Å²) in [5.74, 6) is -0.279. The zero-order valence-corrected chi connectivity index (χ0v) is 10.1. The highest BCUT2D eigenvalue weighted by molar-refractivity contribution is 7.85. The maximum atomic E-state index is 12.1. The minimum absolute atomic E-state index is 0.129. The van der Waals surface area contributed by atoms with Crippen LogP contribution in [0.3, 0.4) is 0 Å². The van der Waals surface area contributed by atoms with E-state index in [1.54, 1.807) is 18.2 Å². The van der Waals surface area contributed by atoms with Gasteiger partial charge >= 0.3 is 5.97 Å². The second-order valence-corrected chi connectivity index (χ2v) is 5.51. The third kappa shape index (κ3) is 2.92. The Balaban J connectivity index is 2.15. The van der Waals surface area contributed by atoms with Gasteiger partial charge in [-0.05, 0) is 24.5 Å². The van der Waals surface area contributed by atoms with E-state index in [0.717, 1.165) is 6.42 Å². The Labute approximate surface area is 102 Å². The molecule has 0 aliphatic carbocycles. The molecular weight excluding hydrogens is 240 g/mol. The van der Waals surface area contributed by atoms with Gasteiger partial charge in [-0.3, -0.25) is 4.21 Å². The molecule has 1 aromatic rings. The second-order valence-electron chi connectivity index (χ2n) is 4.04. The molecule has 1 fully saturated rings. The van der Waals surface area contributed by atoms with Crippen molar-refractivity contribution in [1.29, 1.82) is 0 Å². The molecule has 0 saturated carbocycles. The van der Waals surface area contributed by atoms with Crippen molar-refractivity contribution in [1.82, 2.24) is 0 Å². The first-order valence-corrected chi connectivity index (χ1v) is 6.79. The summed E-state index contributed by atoms with van der Waals surface area (Å²) in [6.07, 6.45) is 0.904. The molecule has 0 aromatic heterocycles. The normalized spacial score (nSPS) is 21.3. The van der Waals surface area contributed by atoms with Crippen molar-refractivity contribution in [3.8, 4) is 0 Å². The SMILES string of the molecule is O=C(O)c1ccccc1S(=O)CC1CCOC1. The summed E-state index contributed by atoms with van der Waals surface area (Å²) in [5, 5.41) is 9.02. The molecule has 2 rings (SSSR count). The summed E-state index contributed by atoms with van der Waals surface area (Å²) in [5.41, 5.74) is 0.129. The molecule has 0 radical (unpaired) electrons. The average Bonchev–Trinajstić information content (AvgIpc) is 2.81. The van der Waals surface area contributed by atoms with Crippen molar-refractivity contribution in [3.63, 3.8) is 0 Å². The van der Waals surface area contributed by atoms with E-state index in [2.05, 4.69) is 0 Å². The number of aromatic carboxylic acids is 1. The highest BCUT2D eigenvalue weighted by atomic mass is 32.2. The smallest absolute Gasteiger partial charge is 0.336 e. The maximum Gasteiger partial charge on any atom is 0.336 e. The van der Waals surface area contributed by atoms with Crippen LogP contribution in [0.2, 0.25) is 0 Å². The first-order chi connectivity index (χ1) is 8.18. The van der Waals surface area contributed by atoms with E-state index < -0.39 is 16.8 Å². The molecule has 2 atom stereocenters. The molecule has 2 unspecified atom stereocenters. The Bertz CT molecular complexity index is 438. The lowest BCUT2D eigenvalue weighted by Gasteiger charge is -2.09. The van der Waals surface area contributed by atoms with E-state index in [1.807, 2.05) is 0 Å². The molecule has 1 aliphatic rings. The number of hydrogen-bond acceptors (Lipinski definition) is 3. The van der Waals surface area contributed by atoms with Crippen LogP contribution in [0.1, 0.15) is 16.8 Å². The fourth-order valence-corrected chi connectivity index (χ4v) is 3.36. The molecule has 92 valence electrons. The van der Waals surface area contributed by atoms with Crippen LogP contribution in [-0.2, 0) is 15.5 Å². The van der Waals surface area contributed by atoms with E-state index in [9.17, 15) is 9.00 Å². The van der Waals surface area contributed by atoms with Crippen LogP contribution in [0.4, 0.5) is 0 Å². The molecule has 1 aromatic carbocycles. The zero-order chi connectivity index (χ0) is 12.3. The van der Waals surface area contributed by atoms with Gasteiger partial charge in [0.2, 0.25) is 0 Å². The minimum Gasteiger partial charge on any atom is -0.478 e. The van der Waals surface area contributed by atoms with Crippen LogP contribution in [-0.4, -0.2) is 34.3 Å². The predicted molar refractivity (Wildman–Crippen MR) is 63.6 cm³/mol. The van der Waals surface area contributed by atoms with Crippen molar-refractivity contribution >= 4 is 16.8 Å². The highest BCUT2D eigenvalue weighted by Crippen LogP contribution is 2.19. The van der Waals surface area contributed by atoms with Crippen LogP contribution in [0.15, 0.2) is 29.2 Å². The highest BCUT2D eigenvalue weighted by Gasteiger charge is 2.21. The van der Waals surface area contributed by atoms with Gasteiger partial charge in [0.05, 0.1) is 27.9 Å². The zero-order valence-electron chi connectivity index (χ0n) is 9.30. The fourth-order valence-electron chi connectivity index (χ4n) is 1.86. The first-order valence-electron chi connectivity index (χ1n) is 5.47. The van der Waals surface area contributed by atoms with E-state index in [1.165, 1.54) is 6.07 Å². The summed E-state index contributed by atoms with van der Waals surface area (Å²) >= 11 is 0. The van der Waals surface area contributed by atoms with Crippen LogP contribution < -0.4 is 0 Å². The summed E-state index contributed by atoms with van der Waals surface area (Å²) in [4.78, 5) is 11.4. The van der Waals surface area contributed by atoms with Gasteiger partial charge in [0.25, 0.3) is 0 Å². The maximum absolute atomic E-state index is 12.1. The predicted octanol–water partition coefficient (Wildman–Crippen LogP) is 1.53. The Morgan fingerprint density at radius 2 is 2.24 bits per heavy atom. The molecule has 17 heavy (non-hydrogen) atoms. The number of carboxylic acid groups (broad SMARTS) is 1. The molecule has 0 bridgehead atoms. The minimum atomic E-state index is -1.27. The standard InChI is InChI=1S/C12H14O4S/c13-12(14)10-3-1-2-4-11(10)17(15)8-9-5-6-16-7-9/h1-4,9H,5-8H2,(H,13,14). The fraction of sp³-hybridized carbons (Fsp3) is 0.417. The molecule has 0 spiro atoms. The molecule has 1 saturated heterocycles. The lowest BCUT2D eigenvalue weighted by Crippen LogP contribution is -2.13. The largest absolute Gasteiger partial charge is 0.478 e. The quantitative estimate of drug-likeness (QED) is 0.885. The van der Waals surface area contributed by atoms with Gasteiger partial charge in [-0.2, -0.15) is 0 Å². The van der Waals surface area contributed by atoms with Gasteiger partial charge in [-0.25, -0.2) is 4.79 Å². The number of rotatable bonds is 4. The number of carbonyl (C=O) groups is 1. The van der Waals surface area contributed by atoms with Crippen LogP contribution in [0.25, 0.3) is 0 Å². The van der Waals surface area contributed by atoms with Gasteiger partial charge in [-0.15, -0.1) is 0 Å². The van der Waals surface area contributed by atoms with E-state index in [0.29, 0.717) is 23.9 Å². The Morgan fingerprint density at radius 1 is 1.47 bits per heavy atom. The Kier molecular flexibility index (Phi) is 3.91. The van der Waals surface area contributed by atoms with Crippen molar-refractivity contribution in [2.45, 2.75) is 11.3 Å². The van der Waals surface area contributed by atoms with Gasteiger partial charge in [0.15, 0.2) is 0 Å². The van der Waals surface area contributed by atoms with Gasteiger partial charge in [0, 0.05) is 12.4 Å². The summed E-state index contributed by atoms with van der Waals surface area (Å²) in [7, 11) is -1.27. The molecular formula is C12H14O4S. The Hall–Kier alpha value is -1.20. The molecule has 4 nitrogen and oxygen atoms in total. The van der Waals surface area contributed by atoms with Crippen molar-refractivity contribution in [2.24, 2.45) is 5.92 Å². The van der Waals surface area contributed by atoms with E-state index >= 15 is 0 Å². The monoisotopic (exact) mass is 254 g/mol. The lowest BCUT2D eigenvalue weighted by molar-refractivity contribution is 0.0693. The summed E-state index contributed by atoms with van der Waals surface area (Å²) in [6.45, 7) is 1.34. The molecule has 1 aliphatic heterocycles. The number of carboxylic acids is 1. The third-order valence-corrected chi connectivity index (χ3v) is 4.39. The van der Waals surface area contributed by atoms with Gasteiger partial charge in [-0.1, -0.05) is 12.1 Å². The number of ether oxygens (including phenoxy) is 1. The van der Waals surface area contributed by atoms with Crippen molar-refractivity contribution in [3.05, 3.63) is 29.8 Å². The average molecular weight is 254 g/mol. The van der Waals surface area contributed by atoms with Crippen LogP contribution in [0.5, 0.6) is 0 Å². The molecule has 1 heterocycles. The molecule has 5 heteroatoms. The van der Waals surface area contributed by atoms with Gasteiger partial charge in [0.1, 0.15) is 0 Å². The molecule has 0 amide bonds. The van der Waals surface area contributed by atoms with E-state index in [4.69, 9.17) is 9.84 Å². The van der Waals surface area contributed by atoms with Gasteiger partial charge < -0.3 is 9.84 Å². The lowest BCUT2D eigenvalue weighted by atomic mass is 10.2.